The summed E-state index contributed by atoms with van der Waals surface area (Å²) in [6, 6.07) is 6.05. The van der Waals surface area contributed by atoms with Crippen molar-refractivity contribution in [2.45, 2.75) is 40.3 Å². The molecule has 0 fully saturated rings. The largest absolute Gasteiger partial charge is 0.358 e. The van der Waals surface area contributed by atoms with Crippen molar-refractivity contribution in [3.8, 4) is 0 Å². The van der Waals surface area contributed by atoms with Gasteiger partial charge in [-0.15, -0.1) is 0 Å². The molecule has 3 aromatic rings. The highest BCUT2D eigenvalue weighted by Gasteiger charge is 2.09. The zero-order valence-electron chi connectivity index (χ0n) is 15.1. The number of aromatic nitrogens is 3. The molecule has 1 amide bonds. The summed E-state index contributed by atoms with van der Waals surface area (Å²) in [4.78, 5) is 40.9. The molecule has 3 rings (SSSR count). The predicted octanol–water partition coefficient (Wildman–Crippen LogP) is 1.51. The Morgan fingerprint density at radius 3 is 2.69 bits per heavy atom. The lowest BCUT2D eigenvalue weighted by atomic mass is 10.1. The molecule has 0 aliphatic heterocycles. The normalized spacial score (nSPS) is 11.0. The van der Waals surface area contributed by atoms with Crippen LogP contribution in [-0.2, 0) is 24.3 Å². The molecule has 0 unspecified atom stereocenters. The van der Waals surface area contributed by atoms with Crippen LogP contribution in [0.2, 0.25) is 0 Å². The first-order valence-electron chi connectivity index (χ1n) is 8.56. The van der Waals surface area contributed by atoms with Gasteiger partial charge in [-0.05, 0) is 43.5 Å². The molecule has 0 radical (unpaired) electrons. The first-order chi connectivity index (χ1) is 12.4. The Labute approximate surface area is 150 Å². The number of nitrogens with one attached hydrogen (secondary N) is 3. The number of aryl methyl sites for hydroxylation is 3. The van der Waals surface area contributed by atoms with Crippen molar-refractivity contribution >= 4 is 16.8 Å². The van der Waals surface area contributed by atoms with Crippen LogP contribution in [0.15, 0.2) is 34.0 Å². The molecule has 0 aliphatic carbocycles. The Balaban J connectivity index is 1.71. The van der Waals surface area contributed by atoms with E-state index in [-0.39, 0.29) is 12.5 Å². The molecule has 0 spiro atoms. The third-order valence-corrected chi connectivity index (χ3v) is 4.57. The molecular weight excluding hydrogens is 332 g/mol. The summed E-state index contributed by atoms with van der Waals surface area (Å²) in [5.74, 6) is -0.293. The van der Waals surface area contributed by atoms with Gasteiger partial charge in [0.15, 0.2) is 0 Å². The Morgan fingerprint density at radius 2 is 1.96 bits per heavy atom. The lowest BCUT2D eigenvalue weighted by molar-refractivity contribution is -0.121. The maximum Gasteiger partial charge on any atom is 0.328 e. The Bertz CT molecular complexity index is 1090. The van der Waals surface area contributed by atoms with E-state index in [0.717, 1.165) is 22.9 Å². The minimum absolute atomic E-state index is 0.137. The van der Waals surface area contributed by atoms with Gasteiger partial charge in [0.25, 0.3) is 5.56 Å². The predicted molar refractivity (Wildman–Crippen MR) is 100 cm³/mol. The summed E-state index contributed by atoms with van der Waals surface area (Å²) in [7, 11) is 0. The van der Waals surface area contributed by atoms with Gasteiger partial charge < -0.3 is 10.3 Å². The van der Waals surface area contributed by atoms with E-state index in [1.54, 1.807) is 6.92 Å². The van der Waals surface area contributed by atoms with Crippen molar-refractivity contribution in [1.29, 1.82) is 0 Å². The van der Waals surface area contributed by atoms with Crippen LogP contribution in [-0.4, -0.2) is 20.4 Å². The molecule has 0 atom stereocenters. The summed E-state index contributed by atoms with van der Waals surface area (Å²) in [6.07, 6.45) is 2.34. The van der Waals surface area contributed by atoms with Gasteiger partial charge in [0.05, 0.1) is 0 Å². The summed E-state index contributed by atoms with van der Waals surface area (Å²) in [6.45, 7) is 6.02. The number of benzene rings is 1. The SMILES string of the molecule is CCc1[nH]c2ccc(CNC(=O)Cn3cc(C)c(=O)[nH]c3=O)cc2c1C. The molecule has 7 nitrogen and oxygen atoms in total. The smallest absolute Gasteiger partial charge is 0.328 e. The first kappa shape index (κ1) is 17.7. The molecule has 26 heavy (non-hydrogen) atoms. The van der Waals surface area contributed by atoms with Crippen LogP contribution in [0.4, 0.5) is 0 Å². The number of carbonyl (C=O) groups excluding carboxylic acids is 1. The van der Waals surface area contributed by atoms with Crippen LogP contribution in [0.3, 0.4) is 0 Å². The number of H-pyrrole nitrogens is 2. The molecule has 7 heteroatoms. The number of amides is 1. The van der Waals surface area contributed by atoms with Gasteiger partial charge in [-0.3, -0.25) is 19.1 Å². The molecule has 0 saturated heterocycles. The number of fused-ring (bicyclic) bond motifs is 1. The van der Waals surface area contributed by atoms with Gasteiger partial charge in [0.2, 0.25) is 5.91 Å². The maximum atomic E-state index is 12.1. The third-order valence-electron chi connectivity index (χ3n) is 4.57. The van der Waals surface area contributed by atoms with E-state index in [2.05, 4.69) is 35.2 Å². The van der Waals surface area contributed by atoms with E-state index in [4.69, 9.17) is 0 Å². The van der Waals surface area contributed by atoms with Crippen molar-refractivity contribution in [3.05, 3.63) is 67.6 Å². The summed E-state index contributed by atoms with van der Waals surface area (Å²) in [5, 5.41) is 3.97. The fraction of sp³-hybridized carbons (Fsp3) is 0.316. The minimum atomic E-state index is -0.591. The lowest BCUT2D eigenvalue weighted by Crippen LogP contribution is -2.36. The second kappa shape index (κ2) is 7.03. The zero-order valence-corrected chi connectivity index (χ0v) is 15.1. The molecule has 0 aliphatic rings. The zero-order chi connectivity index (χ0) is 18.8. The third kappa shape index (κ3) is 3.46. The van der Waals surface area contributed by atoms with Gasteiger partial charge in [0.1, 0.15) is 6.54 Å². The molecule has 2 aromatic heterocycles. The van der Waals surface area contributed by atoms with Gasteiger partial charge >= 0.3 is 5.69 Å². The van der Waals surface area contributed by atoms with E-state index < -0.39 is 11.2 Å². The fourth-order valence-electron chi connectivity index (χ4n) is 3.04. The molecule has 1 aromatic carbocycles. The Kier molecular flexibility index (Phi) is 4.79. The second-order valence-corrected chi connectivity index (χ2v) is 6.44. The first-order valence-corrected chi connectivity index (χ1v) is 8.56. The monoisotopic (exact) mass is 354 g/mol. The number of hydrogen-bond acceptors (Lipinski definition) is 3. The highest BCUT2D eigenvalue weighted by molar-refractivity contribution is 5.85. The second-order valence-electron chi connectivity index (χ2n) is 6.44. The van der Waals surface area contributed by atoms with Crippen LogP contribution in [0.25, 0.3) is 10.9 Å². The van der Waals surface area contributed by atoms with Crippen molar-refractivity contribution in [2.75, 3.05) is 0 Å². The van der Waals surface area contributed by atoms with Crippen LogP contribution in [0, 0.1) is 13.8 Å². The van der Waals surface area contributed by atoms with E-state index >= 15 is 0 Å². The van der Waals surface area contributed by atoms with Gasteiger partial charge in [0, 0.05) is 34.9 Å². The van der Waals surface area contributed by atoms with E-state index in [1.807, 2.05) is 12.1 Å². The van der Waals surface area contributed by atoms with Crippen LogP contribution >= 0.6 is 0 Å². The molecule has 0 saturated carbocycles. The average molecular weight is 354 g/mol. The topological polar surface area (TPSA) is 99.8 Å². The number of rotatable bonds is 5. The number of hydrogen-bond donors (Lipinski definition) is 3. The van der Waals surface area contributed by atoms with Gasteiger partial charge in [-0.25, -0.2) is 4.79 Å². The standard InChI is InChI=1S/C19H22N4O3/c1-4-15-12(3)14-7-13(5-6-16(14)21-15)8-20-17(24)10-23-9-11(2)18(25)22-19(23)26/h5-7,9,21H,4,8,10H2,1-3H3,(H,20,24)(H,22,25,26). The molecular formula is C19H22N4O3. The molecule has 0 bridgehead atoms. The molecule has 3 N–H and O–H groups in total. The Morgan fingerprint density at radius 1 is 1.19 bits per heavy atom. The van der Waals surface area contributed by atoms with E-state index in [0.29, 0.717) is 12.1 Å². The fourth-order valence-corrected chi connectivity index (χ4v) is 3.04. The van der Waals surface area contributed by atoms with Crippen molar-refractivity contribution < 1.29 is 4.79 Å². The van der Waals surface area contributed by atoms with Gasteiger partial charge in [-0.2, -0.15) is 0 Å². The van der Waals surface area contributed by atoms with Crippen LogP contribution in [0.1, 0.15) is 29.3 Å². The van der Waals surface area contributed by atoms with Crippen molar-refractivity contribution in [3.63, 3.8) is 0 Å². The van der Waals surface area contributed by atoms with E-state index in [9.17, 15) is 14.4 Å². The van der Waals surface area contributed by atoms with Crippen LogP contribution < -0.4 is 16.6 Å². The highest BCUT2D eigenvalue weighted by Crippen LogP contribution is 2.23. The summed E-state index contributed by atoms with van der Waals surface area (Å²) >= 11 is 0. The quantitative estimate of drug-likeness (QED) is 0.647. The summed E-state index contributed by atoms with van der Waals surface area (Å²) in [5.41, 5.74) is 3.88. The number of nitrogens with zero attached hydrogens (tertiary/aromatic N) is 1. The molecule has 136 valence electrons. The molecule has 2 heterocycles. The van der Waals surface area contributed by atoms with Crippen molar-refractivity contribution in [1.82, 2.24) is 19.9 Å². The van der Waals surface area contributed by atoms with Crippen molar-refractivity contribution in [2.24, 2.45) is 0 Å². The Hall–Kier alpha value is -3.09. The summed E-state index contributed by atoms with van der Waals surface area (Å²) < 4.78 is 1.19. The van der Waals surface area contributed by atoms with E-state index in [1.165, 1.54) is 22.0 Å². The highest BCUT2D eigenvalue weighted by atomic mass is 16.2. The maximum absolute atomic E-state index is 12.1. The minimum Gasteiger partial charge on any atom is -0.358 e. The number of carbonyl (C=O) groups is 1. The number of aromatic amines is 2. The lowest BCUT2D eigenvalue weighted by Gasteiger charge is -2.08. The average Bonchev–Trinajstić information content (AvgIpc) is 2.93. The van der Waals surface area contributed by atoms with Crippen LogP contribution in [0.5, 0.6) is 0 Å². The van der Waals surface area contributed by atoms with Gasteiger partial charge in [-0.1, -0.05) is 13.0 Å².